The highest BCUT2D eigenvalue weighted by Gasteiger charge is 2.26. The molecule has 1 atom stereocenters. The summed E-state index contributed by atoms with van der Waals surface area (Å²) >= 11 is 0. The van der Waals surface area contributed by atoms with Crippen molar-refractivity contribution in [1.82, 2.24) is 0 Å². The molecule has 0 saturated carbocycles. The third-order valence-electron chi connectivity index (χ3n) is 3.57. The van der Waals surface area contributed by atoms with E-state index in [4.69, 9.17) is 15.6 Å². The van der Waals surface area contributed by atoms with Gasteiger partial charge in [-0.2, -0.15) is 0 Å². The normalized spacial score (nSPS) is 18.3. The largest absolute Gasteiger partial charge is 0.488 e. The van der Waals surface area contributed by atoms with Crippen LogP contribution in [0.1, 0.15) is 50.3 Å². The molecule has 104 valence electrons. The molecule has 0 fully saturated rings. The Morgan fingerprint density at radius 1 is 1.53 bits per heavy atom. The Kier molecular flexibility index (Phi) is 3.80. The zero-order valence-corrected chi connectivity index (χ0v) is 11.5. The van der Waals surface area contributed by atoms with Crippen molar-refractivity contribution in [1.29, 1.82) is 0 Å². The molecule has 1 aromatic rings. The van der Waals surface area contributed by atoms with Crippen LogP contribution in [-0.2, 0) is 11.2 Å². The van der Waals surface area contributed by atoms with E-state index in [-0.39, 0.29) is 18.1 Å². The summed E-state index contributed by atoms with van der Waals surface area (Å²) in [6.45, 7) is 4.15. The van der Waals surface area contributed by atoms with Gasteiger partial charge in [0, 0.05) is 12.5 Å². The number of nitrogens with two attached hydrogens (primary N) is 1. The summed E-state index contributed by atoms with van der Waals surface area (Å²) in [5, 5.41) is 8.69. The van der Waals surface area contributed by atoms with E-state index in [0.717, 1.165) is 24.2 Å². The van der Waals surface area contributed by atoms with Gasteiger partial charge >= 0.3 is 5.97 Å². The Morgan fingerprint density at radius 2 is 2.26 bits per heavy atom. The smallest absolute Gasteiger partial charge is 0.303 e. The van der Waals surface area contributed by atoms with Crippen LogP contribution in [0.4, 0.5) is 0 Å². The Bertz CT molecular complexity index is 482. The van der Waals surface area contributed by atoms with Gasteiger partial charge in [-0.15, -0.1) is 0 Å². The fourth-order valence-corrected chi connectivity index (χ4v) is 2.33. The second-order valence-corrected chi connectivity index (χ2v) is 5.77. The lowest BCUT2D eigenvalue weighted by Gasteiger charge is -2.33. The molecular formula is C15H21NO3. The summed E-state index contributed by atoms with van der Waals surface area (Å²) in [5.41, 5.74) is 8.03. The van der Waals surface area contributed by atoms with Gasteiger partial charge in [0.15, 0.2) is 0 Å². The maximum Gasteiger partial charge on any atom is 0.303 e. The van der Waals surface area contributed by atoms with Crippen LogP contribution >= 0.6 is 0 Å². The number of benzene rings is 1. The predicted octanol–water partition coefficient (Wildman–Crippen LogP) is 2.65. The molecule has 0 aliphatic carbocycles. The van der Waals surface area contributed by atoms with Crippen LogP contribution in [0, 0.1) is 0 Å². The molecular weight excluding hydrogens is 242 g/mol. The van der Waals surface area contributed by atoms with Crippen molar-refractivity contribution in [3.8, 4) is 5.75 Å². The van der Waals surface area contributed by atoms with Gasteiger partial charge in [0.2, 0.25) is 0 Å². The second-order valence-electron chi connectivity index (χ2n) is 5.77. The van der Waals surface area contributed by atoms with Crippen molar-refractivity contribution in [3.05, 3.63) is 29.3 Å². The van der Waals surface area contributed by atoms with E-state index in [9.17, 15) is 4.79 Å². The van der Waals surface area contributed by atoms with Crippen molar-refractivity contribution in [3.63, 3.8) is 0 Å². The fourth-order valence-electron chi connectivity index (χ4n) is 2.33. The van der Waals surface area contributed by atoms with E-state index in [0.29, 0.717) is 6.42 Å². The van der Waals surface area contributed by atoms with E-state index in [1.807, 2.05) is 18.2 Å². The summed E-state index contributed by atoms with van der Waals surface area (Å²) < 4.78 is 5.96. The predicted molar refractivity (Wildman–Crippen MR) is 73.3 cm³/mol. The molecule has 0 saturated heterocycles. The van der Waals surface area contributed by atoms with Crippen molar-refractivity contribution in [2.45, 2.75) is 51.2 Å². The number of aryl methyl sites for hydroxylation is 1. The third kappa shape index (κ3) is 3.47. The van der Waals surface area contributed by atoms with Crippen LogP contribution in [0.2, 0.25) is 0 Å². The van der Waals surface area contributed by atoms with E-state index in [1.54, 1.807) is 0 Å². The molecule has 4 heteroatoms. The first-order valence-corrected chi connectivity index (χ1v) is 6.66. The number of carbonyl (C=O) groups is 1. The van der Waals surface area contributed by atoms with E-state index >= 15 is 0 Å². The summed E-state index contributed by atoms with van der Waals surface area (Å²) in [7, 11) is 0. The van der Waals surface area contributed by atoms with E-state index < -0.39 is 5.97 Å². The van der Waals surface area contributed by atoms with Crippen LogP contribution in [0.25, 0.3) is 0 Å². The summed E-state index contributed by atoms with van der Waals surface area (Å²) in [6.07, 6.45) is 2.54. The number of carboxylic acids is 1. The molecule has 19 heavy (non-hydrogen) atoms. The van der Waals surface area contributed by atoms with Gasteiger partial charge in [-0.1, -0.05) is 12.1 Å². The molecule has 4 nitrogen and oxygen atoms in total. The molecule has 1 aliphatic rings. The Balaban J connectivity index is 2.14. The van der Waals surface area contributed by atoms with Crippen molar-refractivity contribution in [2.24, 2.45) is 5.73 Å². The molecule has 1 aromatic carbocycles. The van der Waals surface area contributed by atoms with Crippen molar-refractivity contribution < 1.29 is 14.6 Å². The van der Waals surface area contributed by atoms with E-state index in [1.165, 1.54) is 5.56 Å². The van der Waals surface area contributed by atoms with Gasteiger partial charge < -0.3 is 15.6 Å². The minimum Gasteiger partial charge on any atom is -0.488 e. The maximum absolute atomic E-state index is 10.6. The van der Waals surface area contributed by atoms with E-state index in [2.05, 4.69) is 13.8 Å². The molecule has 1 heterocycles. The number of rotatable bonds is 4. The molecule has 1 unspecified atom stereocenters. The molecule has 0 radical (unpaired) electrons. The third-order valence-corrected chi connectivity index (χ3v) is 3.57. The molecule has 1 aliphatic heterocycles. The van der Waals surface area contributed by atoms with Crippen LogP contribution in [-0.4, -0.2) is 16.7 Å². The molecule has 0 spiro atoms. The highest BCUT2D eigenvalue weighted by molar-refractivity contribution is 5.66. The average molecular weight is 263 g/mol. The second kappa shape index (κ2) is 5.21. The number of ether oxygens (including phenoxy) is 1. The molecule has 3 N–H and O–H groups in total. The minimum absolute atomic E-state index is 0.0879. The number of fused-ring (bicyclic) bond motifs is 1. The van der Waals surface area contributed by atoms with Crippen LogP contribution in [0.5, 0.6) is 5.75 Å². The number of hydrogen-bond donors (Lipinski definition) is 2. The topological polar surface area (TPSA) is 72.6 Å². The average Bonchev–Trinajstić information content (AvgIpc) is 2.33. The summed E-state index contributed by atoms with van der Waals surface area (Å²) in [5.74, 6) is 0.0744. The highest BCUT2D eigenvalue weighted by atomic mass is 16.5. The van der Waals surface area contributed by atoms with Gasteiger partial charge in [0.05, 0.1) is 0 Å². The minimum atomic E-state index is -0.814. The van der Waals surface area contributed by atoms with Crippen molar-refractivity contribution in [2.75, 3.05) is 0 Å². The zero-order chi connectivity index (χ0) is 14.0. The molecule has 0 bridgehead atoms. The van der Waals surface area contributed by atoms with Gasteiger partial charge in [-0.25, -0.2) is 0 Å². The standard InChI is InChI=1S/C15H21NO3/c1-15(2)8-7-10-3-4-11(9-13(10)19-15)12(16)5-6-14(17)18/h3-4,9,12H,5-8,16H2,1-2H3,(H,17,18). The van der Waals surface area contributed by atoms with Crippen LogP contribution in [0.15, 0.2) is 18.2 Å². The number of aliphatic carboxylic acids is 1. The Labute approximate surface area is 113 Å². The molecule has 0 amide bonds. The van der Waals surface area contributed by atoms with Gasteiger partial charge in [0.1, 0.15) is 11.4 Å². The quantitative estimate of drug-likeness (QED) is 0.876. The maximum atomic E-state index is 10.6. The monoisotopic (exact) mass is 263 g/mol. The SMILES string of the molecule is CC1(C)CCc2ccc(C(N)CCC(=O)O)cc2O1. The number of hydrogen-bond acceptors (Lipinski definition) is 3. The zero-order valence-electron chi connectivity index (χ0n) is 11.5. The molecule has 2 rings (SSSR count). The Hall–Kier alpha value is -1.55. The first kappa shape index (κ1) is 13.9. The van der Waals surface area contributed by atoms with Gasteiger partial charge in [-0.05, 0) is 50.3 Å². The lowest BCUT2D eigenvalue weighted by atomic mass is 9.92. The first-order valence-electron chi connectivity index (χ1n) is 6.66. The summed E-state index contributed by atoms with van der Waals surface area (Å²) in [6, 6.07) is 5.73. The first-order chi connectivity index (χ1) is 8.87. The van der Waals surface area contributed by atoms with Crippen LogP contribution < -0.4 is 10.5 Å². The lowest BCUT2D eigenvalue weighted by Crippen LogP contribution is -2.32. The summed E-state index contributed by atoms with van der Waals surface area (Å²) in [4.78, 5) is 10.6. The van der Waals surface area contributed by atoms with Crippen LogP contribution in [0.3, 0.4) is 0 Å². The molecule has 0 aromatic heterocycles. The van der Waals surface area contributed by atoms with Gasteiger partial charge in [-0.3, -0.25) is 4.79 Å². The Morgan fingerprint density at radius 3 is 2.95 bits per heavy atom. The fraction of sp³-hybridized carbons (Fsp3) is 0.533. The lowest BCUT2D eigenvalue weighted by molar-refractivity contribution is -0.137. The number of carboxylic acid groups (broad SMARTS) is 1. The van der Waals surface area contributed by atoms with Gasteiger partial charge in [0.25, 0.3) is 0 Å². The highest BCUT2D eigenvalue weighted by Crippen LogP contribution is 2.34. The van der Waals surface area contributed by atoms with Crippen molar-refractivity contribution >= 4 is 5.97 Å².